The van der Waals surface area contributed by atoms with Gasteiger partial charge in [0.1, 0.15) is 0 Å². The van der Waals surface area contributed by atoms with E-state index < -0.39 is 6.10 Å². The smallest absolute Gasteiger partial charge is 0.0820 e. The molecule has 3 nitrogen and oxygen atoms in total. The van der Waals surface area contributed by atoms with Crippen LogP contribution < -0.4 is 5.73 Å². The first-order valence-electron chi connectivity index (χ1n) is 7.11. The third-order valence-corrected chi connectivity index (χ3v) is 4.23. The Bertz CT molecular complexity index is 411. The van der Waals surface area contributed by atoms with Gasteiger partial charge in [-0.05, 0) is 29.9 Å². The minimum absolute atomic E-state index is 0.0502. The van der Waals surface area contributed by atoms with E-state index in [0.29, 0.717) is 12.5 Å². The summed E-state index contributed by atoms with van der Waals surface area (Å²) in [6.45, 7) is 6.38. The molecule has 2 rings (SSSR count). The lowest BCUT2D eigenvalue weighted by Gasteiger charge is -2.29. The fourth-order valence-corrected chi connectivity index (χ4v) is 2.57. The molecule has 1 fully saturated rings. The Morgan fingerprint density at radius 1 is 1.37 bits per heavy atom. The summed E-state index contributed by atoms with van der Waals surface area (Å²) in [5.41, 5.74) is 7.98. The third kappa shape index (κ3) is 3.35. The molecule has 0 aromatic heterocycles. The van der Waals surface area contributed by atoms with Gasteiger partial charge in [0, 0.05) is 25.2 Å². The molecule has 1 aromatic carbocycles. The van der Waals surface area contributed by atoms with Crippen molar-refractivity contribution in [3.63, 3.8) is 0 Å². The maximum Gasteiger partial charge on any atom is 0.0820 e. The highest BCUT2D eigenvalue weighted by molar-refractivity contribution is 5.31. The Labute approximate surface area is 115 Å². The molecule has 0 bridgehead atoms. The van der Waals surface area contributed by atoms with Crippen LogP contribution in [0.3, 0.4) is 0 Å². The average Bonchev–Trinajstić information content (AvgIpc) is 2.47. The van der Waals surface area contributed by atoms with Crippen LogP contribution in [-0.4, -0.2) is 24.9 Å². The minimum Gasteiger partial charge on any atom is -0.388 e. The fraction of sp³-hybridized carbons (Fsp3) is 0.625. The highest BCUT2D eigenvalue weighted by Crippen LogP contribution is 2.32. The number of nitrogens with two attached hydrogens (primary N) is 1. The van der Waals surface area contributed by atoms with Gasteiger partial charge in [-0.3, -0.25) is 0 Å². The highest BCUT2D eigenvalue weighted by atomic mass is 16.5. The number of benzene rings is 1. The van der Waals surface area contributed by atoms with E-state index in [-0.39, 0.29) is 5.41 Å². The molecule has 1 heterocycles. The van der Waals surface area contributed by atoms with Crippen LogP contribution >= 0.6 is 0 Å². The highest BCUT2D eigenvalue weighted by Gasteiger charge is 2.25. The number of aliphatic hydroxyl groups is 1. The summed E-state index contributed by atoms with van der Waals surface area (Å²) in [6, 6.07) is 8.22. The summed E-state index contributed by atoms with van der Waals surface area (Å²) in [5, 5.41) is 10.5. The monoisotopic (exact) mass is 263 g/mol. The first-order chi connectivity index (χ1) is 9.04. The predicted octanol–water partition coefficient (Wildman–Crippen LogP) is 2.38. The molecule has 1 aromatic rings. The van der Waals surface area contributed by atoms with Gasteiger partial charge in [0.05, 0.1) is 6.10 Å². The topological polar surface area (TPSA) is 55.5 Å². The van der Waals surface area contributed by atoms with Gasteiger partial charge in [-0.25, -0.2) is 0 Å². The fourth-order valence-electron chi connectivity index (χ4n) is 2.57. The molecule has 0 spiro atoms. The molecule has 1 aliphatic heterocycles. The summed E-state index contributed by atoms with van der Waals surface area (Å²) in [4.78, 5) is 0. The zero-order valence-electron chi connectivity index (χ0n) is 11.9. The molecule has 0 aliphatic carbocycles. The molecular weight excluding hydrogens is 238 g/mol. The summed E-state index contributed by atoms with van der Waals surface area (Å²) in [6.07, 6.45) is 1.48. The van der Waals surface area contributed by atoms with Crippen molar-refractivity contribution in [3.8, 4) is 0 Å². The van der Waals surface area contributed by atoms with Crippen LogP contribution in [0.15, 0.2) is 24.3 Å². The van der Waals surface area contributed by atoms with Crippen molar-refractivity contribution in [2.45, 2.75) is 38.2 Å². The number of ether oxygens (including phenoxy) is 1. The Balaban J connectivity index is 2.18. The van der Waals surface area contributed by atoms with Crippen molar-refractivity contribution < 1.29 is 9.84 Å². The SMILES string of the molecule is CC(C)(CN)c1cccc(C(O)C2CCOCC2)c1. The third-order valence-electron chi connectivity index (χ3n) is 4.23. The molecular formula is C16H25NO2. The van der Waals surface area contributed by atoms with E-state index >= 15 is 0 Å². The summed E-state index contributed by atoms with van der Waals surface area (Å²) in [5.74, 6) is 0.310. The van der Waals surface area contributed by atoms with Gasteiger partial charge in [0.2, 0.25) is 0 Å². The van der Waals surface area contributed by atoms with Crippen molar-refractivity contribution in [1.82, 2.24) is 0 Å². The lowest BCUT2D eigenvalue weighted by atomic mass is 9.82. The maximum absolute atomic E-state index is 10.5. The van der Waals surface area contributed by atoms with Crippen molar-refractivity contribution in [2.24, 2.45) is 11.7 Å². The van der Waals surface area contributed by atoms with E-state index in [9.17, 15) is 5.11 Å². The van der Waals surface area contributed by atoms with E-state index in [1.165, 1.54) is 5.56 Å². The quantitative estimate of drug-likeness (QED) is 0.877. The van der Waals surface area contributed by atoms with E-state index in [2.05, 4.69) is 26.0 Å². The van der Waals surface area contributed by atoms with Crippen molar-refractivity contribution in [3.05, 3.63) is 35.4 Å². The molecule has 1 atom stereocenters. The van der Waals surface area contributed by atoms with Crippen LogP contribution in [0.4, 0.5) is 0 Å². The van der Waals surface area contributed by atoms with Crippen LogP contribution in [0.1, 0.15) is 43.9 Å². The normalized spacial score (nSPS) is 19.4. The Kier molecular flexibility index (Phi) is 4.61. The maximum atomic E-state index is 10.5. The lowest BCUT2D eigenvalue weighted by Crippen LogP contribution is -2.28. The first-order valence-corrected chi connectivity index (χ1v) is 7.11. The van der Waals surface area contributed by atoms with Gasteiger partial charge in [-0.2, -0.15) is 0 Å². The van der Waals surface area contributed by atoms with E-state index in [1.807, 2.05) is 12.1 Å². The molecule has 1 saturated heterocycles. The predicted molar refractivity (Wildman–Crippen MR) is 77.0 cm³/mol. The largest absolute Gasteiger partial charge is 0.388 e. The molecule has 106 valence electrons. The molecule has 1 aliphatic rings. The van der Waals surface area contributed by atoms with E-state index in [0.717, 1.165) is 31.6 Å². The van der Waals surface area contributed by atoms with Crippen LogP contribution in [0, 0.1) is 5.92 Å². The second kappa shape index (κ2) is 6.04. The molecule has 3 heteroatoms. The second-order valence-electron chi connectivity index (χ2n) is 6.11. The average molecular weight is 263 g/mol. The van der Waals surface area contributed by atoms with Crippen molar-refractivity contribution >= 4 is 0 Å². The van der Waals surface area contributed by atoms with Crippen molar-refractivity contribution in [2.75, 3.05) is 19.8 Å². The van der Waals surface area contributed by atoms with Crippen LogP contribution in [-0.2, 0) is 10.2 Å². The second-order valence-corrected chi connectivity index (χ2v) is 6.11. The zero-order chi connectivity index (χ0) is 13.9. The van der Waals surface area contributed by atoms with Gasteiger partial charge < -0.3 is 15.6 Å². The molecule has 1 unspecified atom stereocenters. The van der Waals surface area contributed by atoms with Crippen LogP contribution in [0.25, 0.3) is 0 Å². The lowest BCUT2D eigenvalue weighted by molar-refractivity contribution is 0.00714. The van der Waals surface area contributed by atoms with Crippen molar-refractivity contribution in [1.29, 1.82) is 0 Å². The summed E-state index contributed by atoms with van der Waals surface area (Å²) in [7, 11) is 0. The number of hydrogen-bond acceptors (Lipinski definition) is 3. The molecule has 0 amide bonds. The van der Waals surface area contributed by atoms with Gasteiger partial charge in [-0.1, -0.05) is 38.1 Å². The zero-order valence-corrected chi connectivity index (χ0v) is 11.9. The van der Waals surface area contributed by atoms with E-state index in [4.69, 9.17) is 10.5 Å². The van der Waals surface area contributed by atoms with Gasteiger partial charge in [0.15, 0.2) is 0 Å². The van der Waals surface area contributed by atoms with Gasteiger partial charge in [0.25, 0.3) is 0 Å². The Hall–Kier alpha value is -0.900. The van der Waals surface area contributed by atoms with Gasteiger partial charge in [-0.15, -0.1) is 0 Å². The van der Waals surface area contributed by atoms with Crippen LogP contribution in [0.5, 0.6) is 0 Å². The van der Waals surface area contributed by atoms with Crippen LogP contribution in [0.2, 0.25) is 0 Å². The first kappa shape index (κ1) is 14.5. The van der Waals surface area contributed by atoms with E-state index in [1.54, 1.807) is 0 Å². The van der Waals surface area contributed by atoms with Gasteiger partial charge >= 0.3 is 0 Å². The molecule has 0 radical (unpaired) electrons. The molecule has 19 heavy (non-hydrogen) atoms. The molecule has 3 N–H and O–H groups in total. The number of aliphatic hydroxyl groups excluding tert-OH is 1. The summed E-state index contributed by atoms with van der Waals surface area (Å²) < 4.78 is 5.35. The minimum atomic E-state index is -0.391. The Morgan fingerprint density at radius 2 is 2.05 bits per heavy atom. The summed E-state index contributed by atoms with van der Waals surface area (Å²) >= 11 is 0. The Morgan fingerprint density at radius 3 is 2.68 bits per heavy atom. The number of rotatable bonds is 4. The standard InChI is InChI=1S/C16H25NO2/c1-16(2,11-17)14-5-3-4-13(10-14)15(18)12-6-8-19-9-7-12/h3-5,10,12,15,18H,6-9,11,17H2,1-2H3. The molecule has 0 saturated carbocycles. The number of hydrogen-bond donors (Lipinski definition) is 2.